The van der Waals surface area contributed by atoms with Crippen LogP contribution in [0.15, 0.2) is 18.7 Å². The van der Waals surface area contributed by atoms with Gasteiger partial charge in [-0.25, -0.2) is 19.3 Å². The summed E-state index contributed by atoms with van der Waals surface area (Å²) in [5.74, 6) is 0.0358. The van der Waals surface area contributed by atoms with E-state index in [0.29, 0.717) is 21.2 Å². The third kappa shape index (κ3) is 2.78. The molecule has 0 fully saturated rings. The number of aromatic nitrogens is 6. The maximum Gasteiger partial charge on any atom is 0.348 e. The molecule has 4 rings (SSSR count). The van der Waals surface area contributed by atoms with Gasteiger partial charge in [-0.15, -0.1) is 16.4 Å². The Hall–Kier alpha value is -3.41. The quantitative estimate of drug-likeness (QED) is 0.283. The van der Waals surface area contributed by atoms with Crippen molar-refractivity contribution in [2.45, 2.75) is 26.8 Å². The van der Waals surface area contributed by atoms with E-state index in [1.807, 2.05) is 6.92 Å². The van der Waals surface area contributed by atoms with Crippen LogP contribution in [0, 0.1) is 17.0 Å². The van der Waals surface area contributed by atoms with Gasteiger partial charge in [0.05, 0.1) is 16.9 Å². The fourth-order valence-electron chi connectivity index (χ4n) is 2.87. The first-order valence-corrected chi connectivity index (χ1v) is 9.22. The molecule has 0 bridgehead atoms. The highest BCUT2D eigenvalue weighted by Gasteiger charge is 2.23. The molecule has 0 saturated carbocycles. The minimum Gasteiger partial charge on any atom is -0.462 e. The predicted octanol–water partition coefficient (Wildman–Crippen LogP) is 2.54. The molecule has 0 spiro atoms. The molecule has 0 aliphatic rings. The van der Waals surface area contributed by atoms with Crippen molar-refractivity contribution < 1.29 is 14.5 Å². The van der Waals surface area contributed by atoms with E-state index < -0.39 is 16.9 Å². The van der Waals surface area contributed by atoms with Gasteiger partial charge in [0.2, 0.25) is 0 Å². The number of esters is 1. The molecule has 0 aliphatic carbocycles. The maximum atomic E-state index is 12.2. The summed E-state index contributed by atoms with van der Waals surface area (Å²) >= 11 is 1.25. The van der Waals surface area contributed by atoms with Gasteiger partial charge in [-0.2, -0.15) is 5.10 Å². The van der Waals surface area contributed by atoms with Gasteiger partial charge in [0.1, 0.15) is 34.5 Å². The van der Waals surface area contributed by atoms with E-state index in [-0.39, 0.29) is 12.3 Å². The molecule has 28 heavy (non-hydrogen) atoms. The zero-order chi connectivity index (χ0) is 20.0. The molecular formula is C16H15N7O4S. The lowest BCUT2D eigenvalue weighted by Crippen LogP contribution is -2.09. The Bertz CT molecular complexity index is 1220. The minimum atomic E-state index is -0.508. The number of aryl methyl sites for hydroxylation is 1. The summed E-state index contributed by atoms with van der Waals surface area (Å²) in [5, 5.41) is 20.1. The van der Waals surface area contributed by atoms with E-state index in [4.69, 9.17) is 4.74 Å². The molecule has 0 N–H and O–H groups in total. The second-order valence-electron chi connectivity index (χ2n) is 6.05. The van der Waals surface area contributed by atoms with E-state index >= 15 is 0 Å². The average Bonchev–Trinajstić information content (AvgIpc) is 3.37. The number of hydrogen-bond acceptors (Lipinski definition) is 9. The molecule has 4 heterocycles. The van der Waals surface area contributed by atoms with E-state index in [1.54, 1.807) is 13.8 Å². The minimum absolute atomic E-state index is 0.104. The Labute approximate surface area is 161 Å². The van der Waals surface area contributed by atoms with Crippen LogP contribution in [0.2, 0.25) is 0 Å². The van der Waals surface area contributed by atoms with Crippen LogP contribution >= 0.6 is 11.3 Å². The van der Waals surface area contributed by atoms with Crippen LogP contribution in [-0.2, 0) is 4.74 Å². The lowest BCUT2D eigenvalue weighted by molar-refractivity contribution is -0.385. The standard InChI is InChI=1S/C16H15N7O4S/c1-4-27-16(24)12-8(2)11-14-19-13(20-22(14)7-17-15(11)28-12)9(3)21-6-10(5-18-21)23(25)26/h5-7,9H,4H2,1-3H3/t9-/m0/s1. The van der Waals surface area contributed by atoms with Crippen molar-refractivity contribution in [3.63, 3.8) is 0 Å². The Morgan fingerprint density at radius 2 is 2.25 bits per heavy atom. The van der Waals surface area contributed by atoms with Gasteiger partial charge < -0.3 is 4.74 Å². The van der Waals surface area contributed by atoms with Crippen molar-refractivity contribution >= 4 is 38.9 Å². The summed E-state index contributed by atoms with van der Waals surface area (Å²) in [7, 11) is 0. The monoisotopic (exact) mass is 401 g/mol. The highest BCUT2D eigenvalue weighted by Crippen LogP contribution is 2.32. The molecule has 12 heteroatoms. The number of carbonyl (C=O) groups excluding carboxylic acids is 1. The Morgan fingerprint density at radius 1 is 1.46 bits per heavy atom. The number of carbonyl (C=O) groups is 1. The van der Waals surface area contributed by atoms with E-state index in [0.717, 1.165) is 10.9 Å². The van der Waals surface area contributed by atoms with Crippen LogP contribution in [0.3, 0.4) is 0 Å². The van der Waals surface area contributed by atoms with Crippen molar-refractivity contribution in [1.29, 1.82) is 0 Å². The van der Waals surface area contributed by atoms with Gasteiger partial charge in [0.25, 0.3) is 0 Å². The number of nitrogens with zero attached hydrogens (tertiary/aromatic N) is 7. The van der Waals surface area contributed by atoms with E-state index in [1.165, 1.54) is 39.3 Å². The summed E-state index contributed by atoms with van der Waals surface area (Å²) in [4.78, 5) is 32.6. The molecule has 4 aromatic heterocycles. The first-order chi connectivity index (χ1) is 13.4. The van der Waals surface area contributed by atoms with Crippen molar-refractivity contribution in [3.05, 3.63) is 45.1 Å². The molecule has 0 amide bonds. The van der Waals surface area contributed by atoms with Gasteiger partial charge in [-0.05, 0) is 26.3 Å². The molecule has 0 radical (unpaired) electrons. The third-order valence-corrected chi connectivity index (χ3v) is 5.49. The first kappa shape index (κ1) is 18.0. The fraction of sp³-hybridized carbons (Fsp3) is 0.312. The summed E-state index contributed by atoms with van der Waals surface area (Å²) < 4.78 is 8.07. The Morgan fingerprint density at radius 3 is 2.93 bits per heavy atom. The van der Waals surface area contributed by atoms with E-state index in [9.17, 15) is 14.9 Å². The summed E-state index contributed by atoms with van der Waals surface area (Å²) in [5.41, 5.74) is 1.18. The number of hydrogen-bond donors (Lipinski definition) is 0. The third-order valence-electron chi connectivity index (χ3n) is 4.31. The summed E-state index contributed by atoms with van der Waals surface area (Å²) in [6.07, 6.45) is 4.04. The lowest BCUT2D eigenvalue weighted by Gasteiger charge is -2.05. The van der Waals surface area contributed by atoms with E-state index in [2.05, 4.69) is 20.2 Å². The van der Waals surface area contributed by atoms with Crippen molar-refractivity contribution in [1.82, 2.24) is 29.4 Å². The highest BCUT2D eigenvalue weighted by molar-refractivity contribution is 7.20. The number of ether oxygens (including phenoxy) is 1. The number of thiophene rings is 1. The van der Waals surface area contributed by atoms with Crippen molar-refractivity contribution in [2.75, 3.05) is 6.61 Å². The van der Waals surface area contributed by atoms with Crippen LogP contribution in [0.1, 0.15) is 40.9 Å². The zero-order valence-electron chi connectivity index (χ0n) is 15.2. The molecule has 1 atom stereocenters. The Kier molecular flexibility index (Phi) is 4.26. The largest absolute Gasteiger partial charge is 0.462 e. The van der Waals surface area contributed by atoms with Gasteiger partial charge in [-0.3, -0.25) is 14.8 Å². The lowest BCUT2D eigenvalue weighted by atomic mass is 10.2. The molecular weight excluding hydrogens is 386 g/mol. The van der Waals surface area contributed by atoms with Gasteiger partial charge in [0, 0.05) is 0 Å². The molecule has 4 aromatic rings. The molecule has 144 valence electrons. The predicted molar refractivity (Wildman–Crippen MR) is 99.6 cm³/mol. The van der Waals surface area contributed by atoms with Crippen molar-refractivity contribution in [3.8, 4) is 0 Å². The van der Waals surface area contributed by atoms with Crippen LogP contribution in [0.4, 0.5) is 5.69 Å². The number of rotatable bonds is 5. The van der Waals surface area contributed by atoms with Crippen LogP contribution in [0.25, 0.3) is 15.9 Å². The van der Waals surface area contributed by atoms with Crippen LogP contribution < -0.4 is 0 Å². The smallest absolute Gasteiger partial charge is 0.348 e. The fourth-order valence-corrected chi connectivity index (χ4v) is 3.91. The van der Waals surface area contributed by atoms with Gasteiger partial charge in [-0.1, -0.05) is 0 Å². The Balaban J connectivity index is 1.80. The average molecular weight is 401 g/mol. The molecule has 0 aromatic carbocycles. The zero-order valence-corrected chi connectivity index (χ0v) is 16.0. The molecule has 0 saturated heterocycles. The normalized spacial score (nSPS) is 12.5. The number of fused-ring (bicyclic) bond motifs is 3. The first-order valence-electron chi connectivity index (χ1n) is 8.40. The van der Waals surface area contributed by atoms with Gasteiger partial charge >= 0.3 is 11.7 Å². The van der Waals surface area contributed by atoms with Crippen LogP contribution in [-0.4, -0.2) is 46.9 Å². The molecule has 11 nitrogen and oxygen atoms in total. The maximum absolute atomic E-state index is 12.2. The summed E-state index contributed by atoms with van der Waals surface area (Å²) in [6, 6.07) is -0.424. The van der Waals surface area contributed by atoms with Crippen LogP contribution in [0.5, 0.6) is 0 Å². The molecule has 0 unspecified atom stereocenters. The second-order valence-corrected chi connectivity index (χ2v) is 7.05. The summed E-state index contributed by atoms with van der Waals surface area (Å²) in [6.45, 7) is 5.66. The van der Waals surface area contributed by atoms with Crippen molar-refractivity contribution in [2.24, 2.45) is 0 Å². The highest BCUT2D eigenvalue weighted by atomic mass is 32.1. The SMILES string of the molecule is CCOC(=O)c1sc2ncn3nc([C@H](C)n4cc([N+](=O)[O-])cn4)nc3c2c1C. The molecule has 0 aliphatic heterocycles. The number of nitro groups is 1. The second kappa shape index (κ2) is 6.64. The van der Waals surface area contributed by atoms with Gasteiger partial charge in [0.15, 0.2) is 11.5 Å². The topological polar surface area (TPSA) is 130 Å².